The molecule has 4 atom stereocenters. The molecule has 0 radical (unpaired) electrons. The van der Waals surface area contributed by atoms with E-state index in [0.717, 1.165) is 0 Å². The molecule has 3 aliphatic heterocycles. The number of aliphatic hydroxyl groups excluding tert-OH is 1. The van der Waals surface area contributed by atoms with Crippen molar-refractivity contribution in [2.24, 2.45) is 0 Å². The van der Waals surface area contributed by atoms with Crippen LogP contribution in [0.1, 0.15) is 13.8 Å². The third-order valence-electron chi connectivity index (χ3n) is 3.58. The number of hydrogen-bond donors (Lipinski definition) is 1. The SMILES string of the molecule is CC1(C)OC2OC(C(=O)N3CCOCC3)C(O)C2O1. The Hall–Kier alpha value is -0.730. The van der Waals surface area contributed by atoms with Gasteiger partial charge in [-0.2, -0.15) is 0 Å². The molecule has 0 aliphatic carbocycles. The molecule has 0 aromatic heterocycles. The van der Waals surface area contributed by atoms with Gasteiger partial charge in [-0.05, 0) is 13.8 Å². The number of carbonyl (C=O) groups excluding carboxylic acids is 1. The molecule has 1 N–H and O–H groups in total. The molecule has 3 aliphatic rings. The highest BCUT2D eigenvalue weighted by atomic mass is 16.8. The maximum absolute atomic E-state index is 12.3. The third kappa shape index (κ3) is 2.36. The van der Waals surface area contributed by atoms with E-state index in [1.165, 1.54) is 0 Å². The van der Waals surface area contributed by atoms with Crippen molar-refractivity contribution in [3.05, 3.63) is 0 Å². The van der Waals surface area contributed by atoms with Crippen molar-refractivity contribution < 1.29 is 28.8 Å². The van der Waals surface area contributed by atoms with Gasteiger partial charge in [0.1, 0.15) is 12.2 Å². The van der Waals surface area contributed by atoms with Gasteiger partial charge in [0.15, 0.2) is 18.2 Å². The molecule has 3 fully saturated rings. The molecule has 19 heavy (non-hydrogen) atoms. The van der Waals surface area contributed by atoms with E-state index in [4.69, 9.17) is 18.9 Å². The van der Waals surface area contributed by atoms with Crippen molar-refractivity contribution in [2.45, 2.75) is 44.2 Å². The van der Waals surface area contributed by atoms with Crippen LogP contribution in [-0.2, 0) is 23.7 Å². The topological polar surface area (TPSA) is 77.5 Å². The molecular formula is C12H19NO6. The summed E-state index contributed by atoms with van der Waals surface area (Å²) in [7, 11) is 0. The Labute approximate surface area is 111 Å². The van der Waals surface area contributed by atoms with E-state index in [2.05, 4.69) is 0 Å². The van der Waals surface area contributed by atoms with Crippen LogP contribution in [0.4, 0.5) is 0 Å². The van der Waals surface area contributed by atoms with Gasteiger partial charge in [0, 0.05) is 13.1 Å². The number of amides is 1. The Kier molecular flexibility index (Phi) is 3.26. The van der Waals surface area contributed by atoms with E-state index in [1.54, 1.807) is 18.7 Å². The number of rotatable bonds is 1. The number of carbonyl (C=O) groups is 1. The lowest BCUT2D eigenvalue weighted by Crippen LogP contribution is -2.50. The quantitative estimate of drug-likeness (QED) is 0.666. The van der Waals surface area contributed by atoms with Gasteiger partial charge in [0.05, 0.1) is 13.2 Å². The Morgan fingerprint density at radius 1 is 1.26 bits per heavy atom. The zero-order valence-electron chi connectivity index (χ0n) is 11.1. The van der Waals surface area contributed by atoms with Crippen LogP contribution in [-0.4, -0.2) is 72.6 Å². The highest BCUT2D eigenvalue weighted by Crippen LogP contribution is 2.37. The molecule has 0 saturated carbocycles. The molecule has 0 spiro atoms. The Morgan fingerprint density at radius 3 is 2.58 bits per heavy atom. The minimum absolute atomic E-state index is 0.227. The first-order chi connectivity index (χ1) is 8.98. The van der Waals surface area contributed by atoms with E-state index in [0.29, 0.717) is 26.3 Å². The monoisotopic (exact) mass is 273 g/mol. The molecule has 1 amide bonds. The fourth-order valence-electron chi connectivity index (χ4n) is 2.66. The summed E-state index contributed by atoms with van der Waals surface area (Å²) in [5.41, 5.74) is 0. The molecule has 0 aromatic rings. The van der Waals surface area contributed by atoms with Crippen molar-refractivity contribution in [1.29, 1.82) is 0 Å². The lowest BCUT2D eigenvalue weighted by Gasteiger charge is -2.30. The van der Waals surface area contributed by atoms with Gasteiger partial charge in [0.25, 0.3) is 5.91 Å². The molecule has 7 heteroatoms. The molecule has 0 aromatic carbocycles. The van der Waals surface area contributed by atoms with E-state index < -0.39 is 30.4 Å². The van der Waals surface area contributed by atoms with Crippen LogP contribution in [0.25, 0.3) is 0 Å². The van der Waals surface area contributed by atoms with Gasteiger partial charge in [-0.1, -0.05) is 0 Å². The highest BCUT2D eigenvalue weighted by molar-refractivity contribution is 5.82. The summed E-state index contributed by atoms with van der Waals surface area (Å²) in [6.45, 7) is 5.57. The second kappa shape index (κ2) is 4.68. The smallest absolute Gasteiger partial charge is 0.254 e. The summed E-state index contributed by atoms with van der Waals surface area (Å²) in [5, 5.41) is 10.2. The first kappa shape index (κ1) is 13.3. The Balaban J connectivity index is 1.66. The van der Waals surface area contributed by atoms with Gasteiger partial charge in [-0.25, -0.2) is 0 Å². The van der Waals surface area contributed by atoms with Crippen molar-refractivity contribution in [3.63, 3.8) is 0 Å². The summed E-state index contributed by atoms with van der Waals surface area (Å²) in [6, 6.07) is 0. The van der Waals surface area contributed by atoms with Gasteiger partial charge >= 0.3 is 0 Å². The maximum Gasteiger partial charge on any atom is 0.254 e. The summed E-state index contributed by atoms with van der Waals surface area (Å²) in [6.07, 6.45) is -3.20. The molecule has 3 saturated heterocycles. The van der Waals surface area contributed by atoms with Gasteiger partial charge in [-0.3, -0.25) is 4.79 Å². The number of hydrogen-bond acceptors (Lipinski definition) is 6. The first-order valence-electron chi connectivity index (χ1n) is 6.54. The second-order valence-corrected chi connectivity index (χ2v) is 5.45. The van der Waals surface area contributed by atoms with E-state index in [-0.39, 0.29) is 5.91 Å². The van der Waals surface area contributed by atoms with E-state index >= 15 is 0 Å². The minimum atomic E-state index is -0.998. The van der Waals surface area contributed by atoms with Crippen LogP contribution in [0.3, 0.4) is 0 Å². The number of aliphatic hydroxyl groups is 1. The molecule has 108 valence electrons. The molecule has 4 unspecified atom stereocenters. The Morgan fingerprint density at radius 2 is 1.95 bits per heavy atom. The standard InChI is InChI=1S/C12H19NO6/c1-12(2)18-9-7(14)8(17-11(9)19-12)10(15)13-3-5-16-6-4-13/h7-9,11,14H,3-6H2,1-2H3. The molecule has 3 rings (SSSR count). The average molecular weight is 273 g/mol. The predicted molar refractivity (Wildman–Crippen MR) is 62.1 cm³/mol. The van der Waals surface area contributed by atoms with Crippen LogP contribution in [0.5, 0.6) is 0 Å². The Bertz CT molecular complexity index is 367. The summed E-state index contributed by atoms with van der Waals surface area (Å²) >= 11 is 0. The minimum Gasteiger partial charge on any atom is -0.387 e. The van der Waals surface area contributed by atoms with Crippen molar-refractivity contribution in [2.75, 3.05) is 26.3 Å². The summed E-state index contributed by atoms with van der Waals surface area (Å²) < 4.78 is 21.8. The van der Waals surface area contributed by atoms with Crippen molar-refractivity contribution in [1.82, 2.24) is 4.90 Å². The second-order valence-electron chi connectivity index (χ2n) is 5.45. The third-order valence-corrected chi connectivity index (χ3v) is 3.58. The zero-order valence-corrected chi connectivity index (χ0v) is 11.1. The lowest BCUT2D eigenvalue weighted by molar-refractivity contribution is -0.217. The molecule has 0 bridgehead atoms. The fourth-order valence-corrected chi connectivity index (χ4v) is 2.66. The predicted octanol–water partition coefficient (Wildman–Crippen LogP) is -0.917. The molecule has 3 heterocycles. The van der Waals surface area contributed by atoms with Gasteiger partial charge < -0.3 is 29.0 Å². The molecule has 7 nitrogen and oxygen atoms in total. The first-order valence-corrected chi connectivity index (χ1v) is 6.54. The van der Waals surface area contributed by atoms with Crippen LogP contribution in [0, 0.1) is 0 Å². The maximum atomic E-state index is 12.3. The van der Waals surface area contributed by atoms with Crippen molar-refractivity contribution in [3.8, 4) is 0 Å². The number of fused-ring (bicyclic) bond motifs is 1. The summed E-state index contributed by atoms with van der Waals surface area (Å²) in [5.74, 6) is -1.02. The largest absolute Gasteiger partial charge is 0.387 e. The highest BCUT2D eigenvalue weighted by Gasteiger charge is 2.56. The van der Waals surface area contributed by atoms with Gasteiger partial charge in [0.2, 0.25) is 0 Å². The molecular weight excluding hydrogens is 254 g/mol. The van der Waals surface area contributed by atoms with Crippen molar-refractivity contribution >= 4 is 5.91 Å². The van der Waals surface area contributed by atoms with Crippen LogP contribution < -0.4 is 0 Å². The van der Waals surface area contributed by atoms with E-state index in [1.807, 2.05) is 0 Å². The average Bonchev–Trinajstić information content (AvgIpc) is 2.84. The van der Waals surface area contributed by atoms with E-state index in [9.17, 15) is 9.90 Å². The van der Waals surface area contributed by atoms with Crippen LogP contribution in [0.2, 0.25) is 0 Å². The number of morpholine rings is 1. The lowest BCUT2D eigenvalue weighted by atomic mass is 10.1. The zero-order chi connectivity index (χ0) is 13.6. The number of nitrogens with zero attached hydrogens (tertiary/aromatic N) is 1. The fraction of sp³-hybridized carbons (Fsp3) is 0.917. The van der Waals surface area contributed by atoms with Gasteiger partial charge in [-0.15, -0.1) is 0 Å². The normalized spacial score (nSPS) is 41.3. The van der Waals surface area contributed by atoms with Crippen LogP contribution >= 0.6 is 0 Å². The number of ether oxygens (including phenoxy) is 4. The summed E-state index contributed by atoms with van der Waals surface area (Å²) in [4.78, 5) is 13.9. The van der Waals surface area contributed by atoms with Crippen LogP contribution in [0.15, 0.2) is 0 Å².